The van der Waals surface area contributed by atoms with Crippen molar-refractivity contribution in [1.29, 1.82) is 0 Å². The molecular weight excluding hydrogens is 284 g/mol. The van der Waals surface area contributed by atoms with E-state index in [9.17, 15) is 4.79 Å². The lowest BCUT2D eigenvalue weighted by Crippen LogP contribution is -2.27. The van der Waals surface area contributed by atoms with E-state index >= 15 is 0 Å². The molecule has 17 heavy (non-hydrogen) atoms. The van der Waals surface area contributed by atoms with Crippen LogP contribution in [0.4, 0.5) is 0 Å². The number of hydrogen-bond acceptors (Lipinski definition) is 2. The predicted octanol–water partition coefficient (Wildman–Crippen LogP) is 1.48. The smallest absolute Gasteiger partial charge is 0.267 e. The van der Waals surface area contributed by atoms with Gasteiger partial charge in [0, 0.05) is 43.1 Å². The quantitative estimate of drug-likeness (QED) is 0.898. The molecule has 2 rings (SSSR count). The van der Waals surface area contributed by atoms with Crippen molar-refractivity contribution in [3.8, 4) is 0 Å². The number of imidazole rings is 1. The number of carbonyl (C=O) groups excluding carboxylic acids is 1. The standard InChI is InChI=1S/C11H13BrN4O/c1-16-7-8(12)6-9(16)11(17)15-3-2-10-13-4-5-14-10/h4-7H,2-3H2,1H3,(H,13,14)(H,15,17). The Labute approximate surface area is 107 Å². The molecule has 0 spiro atoms. The van der Waals surface area contributed by atoms with Crippen LogP contribution in [0.25, 0.3) is 0 Å². The molecule has 90 valence electrons. The van der Waals surface area contributed by atoms with Crippen LogP contribution in [-0.4, -0.2) is 27.0 Å². The first-order valence-electron chi connectivity index (χ1n) is 5.25. The Kier molecular flexibility index (Phi) is 3.63. The predicted molar refractivity (Wildman–Crippen MR) is 67.7 cm³/mol. The molecule has 0 aromatic carbocycles. The van der Waals surface area contributed by atoms with E-state index in [0.29, 0.717) is 18.7 Å². The number of amides is 1. The van der Waals surface area contributed by atoms with Crippen molar-refractivity contribution in [1.82, 2.24) is 19.9 Å². The Bertz CT molecular complexity index is 504. The molecule has 0 saturated carbocycles. The van der Waals surface area contributed by atoms with Crippen molar-refractivity contribution in [2.45, 2.75) is 6.42 Å². The average molecular weight is 297 g/mol. The molecule has 2 heterocycles. The van der Waals surface area contributed by atoms with Gasteiger partial charge in [-0.1, -0.05) is 0 Å². The van der Waals surface area contributed by atoms with Crippen LogP contribution in [0, 0.1) is 0 Å². The van der Waals surface area contributed by atoms with Gasteiger partial charge in [-0.2, -0.15) is 0 Å². The number of halogens is 1. The third-order valence-electron chi connectivity index (χ3n) is 2.41. The van der Waals surface area contributed by atoms with Crippen LogP contribution >= 0.6 is 15.9 Å². The number of rotatable bonds is 4. The van der Waals surface area contributed by atoms with Crippen molar-refractivity contribution < 1.29 is 4.79 Å². The molecule has 0 aliphatic rings. The van der Waals surface area contributed by atoms with Crippen LogP contribution in [0.15, 0.2) is 29.1 Å². The topological polar surface area (TPSA) is 62.7 Å². The molecule has 2 aromatic heterocycles. The van der Waals surface area contributed by atoms with Gasteiger partial charge in [0.05, 0.1) is 0 Å². The van der Waals surface area contributed by atoms with Crippen LogP contribution in [0.5, 0.6) is 0 Å². The SMILES string of the molecule is Cn1cc(Br)cc1C(=O)NCCc1ncc[nH]1. The van der Waals surface area contributed by atoms with E-state index in [2.05, 4.69) is 31.2 Å². The van der Waals surface area contributed by atoms with Crippen molar-refractivity contribution >= 4 is 21.8 Å². The highest BCUT2D eigenvalue weighted by Crippen LogP contribution is 2.13. The minimum atomic E-state index is -0.0789. The molecule has 0 saturated heterocycles. The van der Waals surface area contributed by atoms with Gasteiger partial charge in [-0.05, 0) is 22.0 Å². The van der Waals surface area contributed by atoms with Crippen molar-refractivity contribution in [2.75, 3.05) is 6.54 Å². The summed E-state index contributed by atoms with van der Waals surface area (Å²) in [5, 5.41) is 2.85. The first-order chi connectivity index (χ1) is 8.16. The highest BCUT2D eigenvalue weighted by atomic mass is 79.9. The molecule has 0 unspecified atom stereocenters. The first kappa shape index (κ1) is 11.9. The van der Waals surface area contributed by atoms with Crippen molar-refractivity contribution in [3.63, 3.8) is 0 Å². The summed E-state index contributed by atoms with van der Waals surface area (Å²) in [4.78, 5) is 18.9. The molecule has 2 N–H and O–H groups in total. The maximum Gasteiger partial charge on any atom is 0.267 e. The highest BCUT2D eigenvalue weighted by molar-refractivity contribution is 9.10. The maximum absolute atomic E-state index is 11.8. The van der Waals surface area contributed by atoms with E-state index in [1.54, 1.807) is 23.0 Å². The molecule has 1 amide bonds. The second-order valence-electron chi connectivity index (χ2n) is 3.70. The number of H-pyrrole nitrogens is 1. The summed E-state index contributed by atoms with van der Waals surface area (Å²) in [6, 6.07) is 1.79. The zero-order chi connectivity index (χ0) is 12.3. The van der Waals surface area contributed by atoms with E-state index in [1.807, 2.05) is 13.2 Å². The monoisotopic (exact) mass is 296 g/mol. The highest BCUT2D eigenvalue weighted by Gasteiger charge is 2.10. The fraction of sp³-hybridized carbons (Fsp3) is 0.273. The van der Waals surface area contributed by atoms with Gasteiger partial charge < -0.3 is 14.9 Å². The number of nitrogens with one attached hydrogen (secondary N) is 2. The Morgan fingerprint density at radius 3 is 3.06 bits per heavy atom. The lowest BCUT2D eigenvalue weighted by Gasteiger charge is -2.04. The summed E-state index contributed by atoms with van der Waals surface area (Å²) in [6.07, 6.45) is 6.02. The number of nitrogens with zero attached hydrogens (tertiary/aromatic N) is 2. The van der Waals surface area contributed by atoms with Gasteiger partial charge in [-0.15, -0.1) is 0 Å². The second kappa shape index (κ2) is 5.18. The largest absolute Gasteiger partial charge is 0.350 e. The fourth-order valence-corrected chi connectivity index (χ4v) is 2.09. The Morgan fingerprint density at radius 1 is 1.65 bits per heavy atom. The maximum atomic E-state index is 11.8. The molecular formula is C11H13BrN4O. The Hall–Kier alpha value is -1.56. The summed E-state index contributed by atoms with van der Waals surface area (Å²) in [5.74, 6) is 0.795. The summed E-state index contributed by atoms with van der Waals surface area (Å²) >= 11 is 3.34. The third kappa shape index (κ3) is 2.97. The van der Waals surface area contributed by atoms with Gasteiger partial charge in [-0.3, -0.25) is 4.79 Å². The van der Waals surface area contributed by atoms with Crippen molar-refractivity contribution in [2.24, 2.45) is 7.05 Å². The lowest BCUT2D eigenvalue weighted by atomic mass is 10.3. The van der Waals surface area contributed by atoms with Gasteiger partial charge in [0.1, 0.15) is 11.5 Å². The Morgan fingerprint density at radius 2 is 2.47 bits per heavy atom. The summed E-state index contributed by atoms with van der Waals surface area (Å²) in [6.45, 7) is 0.565. The second-order valence-corrected chi connectivity index (χ2v) is 4.61. The molecule has 0 aliphatic heterocycles. The minimum Gasteiger partial charge on any atom is -0.350 e. The number of aromatic nitrogens is 3. The molecule has 5 nitrogen and oxygen atoms in total. The Balaban J connectivity index is 1.87. The number of hydrogen-bond donors (Lipinski definition) is 2. The number of carbonyl (C=O) groups is 1. The molecule has 0 aliphatic carbocycles. The van der Waals surface area contributed by atoms with E-state index in [1.165, 1.54) is 0 Å². The summed E-state index contributed by atoms with van der Waals surface area (Å²) in [7, 11) is 1.84. The van der Waals surface area contributed by atoms with Crippen LogP contribution in [0.1, 0.15) is 16.3 Å². The molecule has 0 bridgehead atoms. The average Bonchev–Trinajstić information content (AvgIpc) is 2.88. The van der Waals surface area contributed by atoms with E-state index < -0.39 is 0 Å². The summed E-state index contributed by atoms with van der Waals surface area (Å²) < 4.78 is 2.68. The number of aryl methyl sites for hydroxylation is 1. The van der Waals surface area contributed by atoms with Crippen LogP contribution in [-0.2, 0) is 13.5 Å². The zero-order valence-corrected chi connectivity index (χ0v) is 11.0. The van der Waals surface area contributed by atoms with E-state index in [0.717, 1.165) is 10.3 Å². The zero-order valence-electron chi connectivity index (χ0n) is 9.40. The van der Waals surface area contributed by atoms with Gasteiger partial charge in [0.2, 0.25) is 0 Å². The van der Waals surface area contributed by atoms with Gasteiger partial charge in [0.25, 0.3) is 5.91 Å². The first-order valence-corrected chi connectivity index (χ1v) is 6.04. The van der Waals surface area contributed by atoms with Gasteiger partial charge >= 0.3 is 0 Å². The molecule has 0 fully saturated rings. The summed E-state index contributed by atoms with van der Waals surface area (Å²) in [5.41, 5.74) is 0.635. The number of aromatic amines is 1. The molecule has 0 atom stereocenters. The molecule has 6 heteroatoms. The van der Waals surface area contributed by atoms with E-state index in [-0.39, 0.29) is 5.91 Å². The van der Waals surface area contributed by atoms with E-state index in [4.69, 9.17) is 0 Å². The molecule has 2 aromatic rings. The minimum absolute atomic E-state index is 0.0789. The third-order valence-corrected chi connectivity index (χ3v) is 2.84. The van der Waals surface area contributed by atoms with Crippen molar-refractivity contribution in [3.05, 3.63) is 40.6 Å². The van der Waals surface area contributed by atoms with Gasteiger partial charge in [0.15, 0.2) is 0 Å². The van der Waals surface area contributed by atoms with Crippen LogP contribution in [0.3, 0.4) is 0 Å². The van der Waals surface area contributed by atoms with Crippen LogP contribution < -0.4 is 5.32 Å². The lowest BCUT2D eigenvalue weighted by molar-refractivity contribution is 0.0946. The fourth-order valence-electron chi connectivity index (χ4n) is 1.57. The van der Waals surface area contributed by atoms with Gasteiger partial charge in [-0.25, -0.2) is 4.98 Å². The molecule has 0 radical (unpaired) electrons. The van der Waals surface area contributed by atoms with Crippen LogP contribution in [0.2, 0.25) is 0 Å². The normalized spacial score (nSPS) is 10.5.